The second-order valence-electron chi connectivity index (χ2n) is 6.34. The van der Waals surface area contributed by atoms with E-state index in [0.29, 0.717) is 5.69 Å². The van der Waals surface area contributed by atoms with E-state index in [9.17, 15) is 8.42 Å². The van der Waals surface area contributed by atoms with E-state index in [-0.39, 0.29) is 4.90 Å². The molecule has 0 aliphatic carbocycles. The summed E-state index contributed by atoms with van der Waals surface area (Å²) in [6, 6.07) is 22.4. The van der Waals surface area contributed by atoms with Gasteiger partial charge >= 0.3 is 0 Å². The highest BCUT2D eigenvalue weighted by Crippen LogP contribution is 2.19. The number of benzene rings is 3. The van der Waals surface area contributed by atoms with E-state index >= 15 is 0 Å². The third kappa shape index (κ3) is 4.64. The molecule has 0 fully saturated rings. The van der Waals surface area contributed by atoms with E-state index in [1.807, 2.05) is 31.2 Å². The largest absolute Gasteiger partial charge is 0.381 e. The summed E-state index contributed by atoms with van der Waals surface area (Å²) in [4.78, 5) is 0.263. The van der Waals surface area contributed by atoms with Crippen LogP contribution in [0.15, 0.2) is 77.7 Å². The molecule has 0 bridgehead atoms. The fourth-order valence-corrected chi connectivity index (χ4v) is 3.84. The minimum absolute atomic E-state index is 0.263. The molecule has 0 saturated heterocycles. The first-order chi connectivity index (χ1) is 12.4. The van der Waals surface area contributed by atoms with Crippen LogP contribution in [0.5, 0.6) is 0 Å². The highest BCUT2D eigenvalue weighted by Gasteiger charge is 2.13. The molecule has 5 heteroatoms. The molecule has 0 heterocycles. The minimum atomic E-state index is -3.58. The first-order valence-corrected chi connectivity index (χ1v) is 9.90. The smallest absolute Gasteiger partial charge is 0.261 e. The highest BCUT2D eigenvalue weighted by atomic mass is 32.2. The number of hydrogen-bond acceptors (Lipinski definition) is 3. The molecule has 0 spiro atoms. The fraction of sp³-hybridized carbons (Fsp3) is 0.143. The van der Waals surface area contributed by atoms with E-state index in [1.54, 1.807) is 30.3 Å². The molecule has 4 nitrogen and oxygen atoms in total. The number of sulfonamides is 1. The van der Waals surface area contributed by atoms with E-state index in [0.717, 1.165) is 17.8 Å². The van der Waals surface area contributed by atoms with Crippen LogP contribution in [0.2, 0.25) is 0 Å². The number of aryl methyl sites for hydroxylation is 2. The van der Waals surface area contributed by atoms with Crippen LogP contribution < -0.4 is 10.0 Å². The minimum Gasteiger partial charge on any atom is -0.381 e. The van der Waals surface area contributed by atoms with Crippen molar-refractivity contribution >= 4 is 21.4 Å². The molecule has 3 rings (SSSR count). The molecule has 26 heavy (non-hydrogen) atoms. The molecule has 0 aliphatic rings. The summed E-state index contributed by atoms with van der Waals surface area (Å²) in [6.45, 7) is 4.66. The summed E-state index contributed by atoms with van der Waals surface area (Å²) >= 11 is 0. The molecule has 0 unspecified atom stereocenters. The molecule has 134 valence electrons. The van der Waals surface area contributed by atoms with Gasteiger partial charge < -0.3 is 5.32 Å². The molecular formula is C21H22N2O2S. The van der Waals surface area contributed by atoms with Gasteiger partial charge in [0.2, 0.25) is 0 Å². The lowest BCUT2D eigenvalue weighted by atomic mass is 10.1. The summed E-state index contributed by atoms with van der Waals surface area (Å²) in [5.41, 5.74) is 4.81. The topological polar surface area (TPSA) is 58.2 Å². The molecule has 0 radical (unpaired) electrons. The third-order valence-corrected chi connectivity index (χ3v) is 5.40. The Morgan fingerprint density at radius 1 is 0.769 bits per heavy atom. The quantitative estimate of drug-likeness (QED) is 0.664. The van der Waals surface area contributed by atoms with Crippen molar-refractivity contribution in [3.63, 3.8) is 0 Å². The van der Waals surface area contributed by atoms with Gasteiger partial charge in [-0.05, 0) is 61.4 Å². The van der Waals surface area contributed by atoms with Gasteiger partial charge in [0.05, 0.1) is 4.90 Å². The number of rotatable bonds is 6. The lowest BCUT2D eigenvalue weighted by Crippen LogP contribution is -2.13. The van der Waals surface area contributed by atoms with E-state index < -0.39 is 10.0 Å². The monoisotopic (exact) mass is 366 g/mol. The molecule has 2 N–H and O–H groups in total. The van der Waals surface area contributed by atoms with Crippen LogP contribution in [-0.4, -0.2) is 8.42 Å². The third-order valence-electron chi connectivity index (χ3n) is 4.02. The Kier molecular flexibility index (Phi) is 5.28. The predicted octanol–water partition coefficient (Wildman–Crippen LogP) is 4.72. The maximum Gasteiger partial charge on any atom is 0.261 e. The summed E-state index contributed by atoms with van der Waals surface area (Å²) in [5, 5.41) is 3.34. The zero-order valence-electron chi connectivity index (χ0n) is 14.9. The molecule has 0 aliphatic heterocycles. The SMILES string of the molecule is Cc1cccc(CNc2ccc(NS(=O)(=O)c3cccc(C)c3)cc2)c1. The van der Waals surface area contributed by atoms with Crippen LogP contribution in [0, 0.1) is 13.8 Å². The zero-order valence-corrected chi connectivity index (χ0v) is 15.7. The fourth-order valence-electron chi connectivity index (χ4n) is 2.68. The van der Waals surface area contributed by atoms with Gasteiger partial charge in [-0.2, -0.15) is 0 Å². The second kappa shape index (κ2) is 7.62. The number of nitrogens with one attached hydrogen (secondary N) is 2. The van der Waals surface area contributed by atoms with Gasteiger partial charge in [0.15, 0.2) is 0 Å². The number of hydrogen-bond donors (Lipinski definition) is 2. The van der Waals surface area contributed by atoms with Crippen molar-refractivity contribution in [1.82, 2.24) is 0 Å². The molecule has 3 aromatic carbocycles. The van der Waals surface area contributed by atoms with E-state index in [1.165, 1.54) is 11.1 Å². The van der Waals surface area contributed by atoms with Gasteiger partial charge in [-0.3, -0.25) is 4.72 Å². The summed E-state index contributed by atoms with van der Waals surface area (Å²) in [6.07, 6.45) is 0. The van der Waals surface area contributed by atoms with Gasteiger partial charge in [0.25, 0.3) is 10.0 Å². The molecule has 3 aromatic rings. The van der Waals surface area contributed by atoms with Crippen molar-refractivity contribution in [3.05, 3.63) is 89.5 Å². The number of anilines is 2. The standard InChI is InChI=1S/C21H22N2O2S/c1-16-5-3-7-18(13-16)15-22-19-9-11-20(12-10-19)23-26(24,25)21-8-4-6-17(2)14-21/h3-14,22-23H,15H2,1-2H3. The normalized spacial score (nSPS) is 11.2. The Morgan fingerprint density at radius 3 is 2.04 bits per heavy atom. The van der Waals surface area contributed by atoms with Crippen LogP contribution in [0.25, 0.3) is 0 Å². The Balaban J connectivity index is 1.66. The Bertz CT molecular complexity index is 997. The Hall–Kier alpha value is -2.79. The maximum absolute atomic E-state index is 12.5. The Labute approximate surface area is 155 Å². The zero-order chi connectivity index (χ0) is 18.6. The second-order valence-corrected chi connectivity index (χ2v) is 8.02. The van der Waals surface area contributed by atoms with Crippen LogP contribution in [0.4, 0.5) is 11.4 Å². The van der Waals surface area contributed by atoms with Crippen LogP contribution in [0.3, 0.4) is 0 Å². The van der Waals surface area contributed by atoms with Crippen molar-refractivity contribution in [3.8, 4) is 0 Å². The van der Waals surface area contributed by atoms with Crippen LogP contribution in [0.1, 0.15) is 16.7 Å². The lowest BCUT2D eigenvalue weighted by molar-refractivity contribution is 0.601. The molecule has 0 amide bonds. The van der Waals surface area contributed by atoms with Crippen molar-refractivity contribution in [2.45, 2.75) is 25.3 Å². The van der Waals surface area contributed by atoms with Crippen LogP contribution in [-0.2, 0) is 16.6 Å². The first-order valence-electron chi connectivity index (χ1n) is 8.41. The van der Waals surface area contributed by atoms with Gasteiger partial charge in [0.1, 0.15) is 0 Å². The molecule has 0 saturated carbocycles. The Morgan fingerprint density at radius 2 is 1.38 bits per heavy atom. The van der Waals surface area contributed by atoms with E-state index in [4.69, 9.17) is 0 Å². The summed E-state index contributed by atoms with van der Waals surface area (Å²) < 4.78 is 27.5. The van der Waals surface area contributed by atoms with Crippen molar-refractivity contribution in [1.29, 1.82) is 0 Å². The van der Waals surface area contributed by atoms with E-state index in [2.05, 4.69) is 35.2 Å². The average molecular weight is 366 g/mol. The highest BCUT2D eigenvalue weighted by molar-refractivity contribution is 7.92. The van der Waals surface area contributed by atoms with Crippen molar-refractivity contribution in [2.75, 3.05) is 10.0 Å². The summed E-state index contributed by atoms with van der Waals surface area (Å²) in [7, 11) is -3.58. The van der Waals surface area contributed by atoms with Gasteiger partial charge in [-0.1, -0.05) is 42.0 Å². The van der Waals surface area contributed by atoms with Gasteiger partial charge in [-0.25, -0.2) is 8.42 Å². The van der Waals surface area contributed by atoms with Crippen molar-refractivity contribution in [2.24, 2.45) is 0 Å². The maximum atomic E-state index is 12.5. The van der Waals surface area contributed by atoms with Gasteiger partial charge in [-0.15, -0.1) is 0 Å². The predicted molar refractivity (Wildman–Crippen MR) is 107 cm³/mol. The van der Waals surface area contributed by atoms with Crippen LogP contribution >= 0.6 is 0 Å². The molecular weight excluding hydrogens is 344 g/mol. The summed E-state index contributed by atoms with van der Waals surface area (Å²) in [5.74, 6) is 0. The average Bonchev–Trinajstić information content (AvgIpc) is 2.61. The lowest BCUT2D eigenvalue weighted by Gasteiger charge is -2.11. The van der Waals surface area contributed by atoms with Crippen molar-refractivity contribution < 1.29 is 8.42 Å². The molecule has 0 atom stereocenters. The molecule has 0 aromatic heterocycles. The first kappa shape index (κ1) is 18.0. The van der Waals surface area contributed by atoms with Gasteiger partial charge in [0, 0.05) is 17.9 Å².